The molecular weight excluding hydrogens is 597 g/mol. The van der Waals surface area contributed by atoms with Crippen molar-refractivity contribution in [3.05, 3.63) is 109 Å². The highest BCUT2D eigenvalue weighted by molar-refractivity contribution is 7.97. The van der Waals surface area contributed by atoms with E-state index in [1.807, 2.05) is 6.92 Å². The van der Waals surface area contributed by atoms with Crippen LogP contribution in [0, 0.1) is 6.92 Å². The Morgan fingerprint density at radius 2 is 1.09 bits per heavy atom. The quantitative estimate of drug-likeness (QED) is 0.146. The zero-order valence-electron chi connectivity index (χ0n) is 24.8. The van der Waals surface area contributed by atoms with E-state index in [0.29, 0.717) is 0 Å². The van der Waals surface area contributed by atoms with Gasteiger partial charge in [0, 0.05) is 12.8 Å². The van der Waals surface area contributed by atoms with Gasteiger partial charge in [0.05, 0.1) is 29.0 Å². The molecule has 7 nitrogen and oxygen atoms in total. The second-order valence-electron chi connectivity index (χ2n) is 10.7. The molecule has 2 heterocycles. The third kappa shape index (κ3) is 9.33. The maximum absolute atomic E-state index is 10.4. The van der Waals surface area contributed by atoms with Crippen LogP contribution in [0.1, 0.15) is 44.1 Å². The molecule has 4 aromatic carbocycles. The molecule has 2 saturated heterocycles. The molecule has 2 fully saturated rings. The third-order valence-corrected chi connectivity index (χ3v) is 10.3. The Labute approximate surface area is 263 Å². The Kier molecular flexibility index (Phi) is 11.4. The highest BCUT2D eigenvalue weighted by Gasteiger charge is 2.29. The Bertz CT molecular complexity index is 1470. The van der Waals surface area contributed by atoms with Crippen LogP contribution in [0.25, 0.3) is 0 Å². The Morgan fingerprint density at radius 1 is 0.636 bits per heavy atom. The van der Waals surface area contributed by atoms with Crippen molar-refractivity contribution < 1.29 is 31.9 Å². The van der Waals surface area contributed by atoms with Crippen LogP contribution in [0.2, 0.25) is 0 Å². The summed E-state index contributed by atoms with van der Waals surface area (Å²) >= 11 is 0. The number of hydrogen-bond acceptors (Lipinski definition) is 7. The fraction of sp³-hybridized carbons (Fsp3) is 0.314. The maximum atomic E-state index is 10.4. The molecule has 2 aliphatic heterocycles. The largest absolute Gasteiger partial charge is 0.744 e. The van der Waals surface area contributed by atoms with Gasteiger partial charge < -0.3 is 23.5 Å². The zero-order chi connectivity index (χ0) is 30.8. The summed E-state index contributed by atoms with van der Waals surface area (Å²) in [6, 6.07) is 33.4. The van der Waals surface area contributed by atoms with E-state index >= 15 is 0 Å². The van der Waals surface area contributed by atoms with Crippen molar-refractivity contribution in [2.24, 2.45) is 0 Å². The van der Waals surface area contributed by atoms with Gasteiger partial charge in [-0.25, -0.2) is 8.42 Å². The number of ether oxygens (including phenoxy) is 4. The summed E-state index contributed by atoms with van der Waals surface area (Å²) in [6.07, 6.45) is 6.22. The van der Waals surface area contributed by atoms with Crippen molar-refractivity contribution in [3.8, 4) is 11.5 Å². The molecule has 0 bridgehead atoms. The fourth-order valence-corrected chi connectivity index (χ4v) is 7.42. The molecule has 0 aliphatic carbocycles. The first-order chi connectivity index (χ1) is 21.3. The highest BCUT2D eigenvalue weighted by atomic mass is 32.2. The minimum Gasteiger partial charge on any atom is -0.744 e. The maximum Gasteiger partial charge on any atom is 0.199 e. The standard InChI is InChI=1S/C28H31O4S.C7H8O3S/c1-2-8-24(9-3-1)33(25-16-12-22(13-17-25)31-27-10-4-6-20-29-27)26-18-14-23(15-19-26)32-28-11-5-7-21-30-28;1-6-2-4-7(5-3-6)11(8,9)10/h1-3,8-9,12-19,27-28H,4-7,10-11,20-21H2;2-5H,1H3,(H,8,9,10)/q+1;/p-1. The van der Waals surface area contributed by atoms with Crippen molar-refractivity contribution in [2.45, 2.75) is 77.6 Å². The molecule has 0 amide bonds. The van der Waals surface area contributed by atoms with E-state index in [1.54, 1.807) is 12.1 Å². The lowest BCUT2D eigenvalue weighted by atomic mass is 10.2. The van der Waals surface area contributed by atoms with Gasteiger partial charge in [0.1, 0.15) is 21.6 Å². The number of hydrogen-bond donors (Lipinski definition) is 0. The average molecular weight is 635 g/mol. The number of rotatable bonds is 8. The van der Waals surface area contributed by atoms with Crippen LogP contribution in [0.3, 0.4) is 0 Å². The van der Waals surface area contributed by atoms with Crippen molar-refractivity contribution in [3.63, 3.8) is 0 Å². The summed E-state index contributed by atoms with van der Waals surface area (Å²) in [4.78, 5) is 3.61. The van der Waals surface area contributed by atoms with E-state index in [0.717, 1.165) is 68.8 Å². The molecule has 0 N–H and O–H groups in total. The summed E-state index contributed by atoms with van der Waals surface area (Å²) in [5, 5.41) is 0. The summed E-state index contributed by atoms with van der Waals surface area (Å²) in [5.74, 6) is 1.72. The monoisotopic (exact) mass is 634 g/mol. The Morgan fingerprint density at radius 3 is 1.50 bits per heavy atom. The van der Waals surface area contributed by atoms with Gasteiger partial charge in [-0.2, -0.15) is 0 Å². The molecule has 9 heteroatoms. The van der Waals surface area contributed by atoms with Crippen LogP contribution in [-0.4, -0.2) is 38.8 Å². The van der Waals surface area contributed by atoms with Crippen LogP contribution in [-0.2, 0) is 30.5 Å². The second-order valence-corrected chi connectivity index (χ2v) is 14.1. The molecule has 2 aliphatic rings. The Hall–Kier alpha value is -3.34. The SMILES string of the molecule is Cc1ccc(S(=O)(=O)[O-])cc1.c1ccc([S+](c2ccc(OC3CCCCO3)cc2)c2ccc(OC3CCCCO3)cc2)cc1. The highest BCUT2D eigenvalue weighted by Crippen LogP contribution is 2.34. The normalized spacial score (nSPS) is 19.2. The summed E-state index contributed by atoms with van der Waals surface area (Å²) in [7, 11) is -4.49. The van der Waals surface area contributed by atoms with Gasteiger partial charge in [-0.15, -0.1) is 0 Å². The molecule has 0 radical (unpaired) electrons. The molecular formula is C35H38O7S2. The topological polar surface area (TPSA) is 94.1 Å². The van der Waals surface area contributed by atoms with Gasteiger partial charge >= 0.3 is 0 Å². The minimum atomic E-state index is -4.27. The first-order valence-corrected chi connectivity index (χ1v) is 17.6. The predicted octanol–water partition coefficient (Wildman–Crippen LogP) is 7.49. The van der Waals surface area contributed by atoms with Crippen LogP contribution in [0.15, 0.2) is 123 Å². The second kappa shape index (κ2) is 15.6. The molecule has 0 spiro atoms. The lowest BCUT2D eigenvalue weighted by Crippen LogP contribution is -2.25. The van der Waals surface area contributed by atoms with Crippen LogP contribution in [0.5, 0.6) is 11.5 Å². The average Bonchev–Trinajstić information content (AvgIpc) is 3.04. The van der Waals surface area contributed by atoms with Crippen LogP contribution >= 0.6 is 0 Å². The van der Waals surface area contributed by atoms with E-state index in [1.165, 1.54) is 26.8 Å². The van der Waals surface area contributed by atoms with E-state index in [9.17, 15) is 13.0 Å². The van der Waals surface area contributed by atoms with Crippen molar-refractivity contribution >= 4 is 21.0 Å². The van der Waals surface area contributed by atoms with E-state index in [4.69, 9.17) is 18.9 Å². The van der Waals surface area contributed by atoms with E-state index in [-0.39, 0.29) is 28.4 Å². The van der Waals surface area contributed by atoms with Gasteiger partial charge in [0.25, 0.3) is 0 Å². The van der Waals surface area contributed by atoms with Gasteiger partial charge in [-0.05, 0) is 105 Å². The van der Waals surface area contributed by atoms with Gasteiger partial charge in [0.2, 0.25) is 0 Å². The molecule has 2 unspecified atom stereocenters. The third-order valence-electron chi connectivity index (χ3n) is 7.22. The van der Waals surface area contributed by atoms with E-state index < -0.39 is 10.1 Å². The predicted molar refractivity (Wildman–Crippen MR) is 169 cm³/mol. The summed E-state index contributed by atoms with van der Waals surface area (Å²) in [6.45, 7) is 3.39. The van der Waals surface area contributed by atoms with Gasteiger partial charge in [-0.3, -0.25) is 0 Å². The van der Waals surface area contributed by atoms with Gasteiger partial charge in [0.15, 0.2) is 27.3 Å². The molecule has 0 aromatic heterocycles. The van der Waals surface area contributed by atoms with Crippen molar-refractivity contribution in [2.75, 3.05) is 13.2 Å². The first kappa shape index (κ1) is 32.1. The van der Waals surface area contributed by atoms with Crippen molar-refractivity contribution in [1.29, 1.82) is 0 Å². The summed E-state index contributed by atoms with van der Waals surface area (Å²) in [5.41, 5.74) is 0.928. The lowest BCUT2D eigenvalue weighted by Gasteiger charge is -2.23. The molecule has 2 atom stereocenters. The minimum absolute atomic E-state index is 0.127. The van der Waals surface area contributed by atoms with E-state index in [2.05, 4.69) is 78.9 Å². The lowest BCUT2D eigenvalue weighted by molar-refractivity contribution is -0.106. The Balaban J connectivity index is 0.000000296. The number of benzene rings is 4. The smallest absolute Gasteiger partial charge is 0.199 e. The summed E-state index contributed by atoms with van der Waals surface area (Å²) < 4.78 is 54.7. The van der Waals surface area contributed by atoms with Crippen molar-refractivity contribution in [1.82, 2.24) is 0 Å². The molecule has 4 aromatic rings. The van der Waals surface area contributed by atoms with Gasteiger partial charge in [-0.1, -0.05) is 35.9 Å². The van der Waals surface area contributed by atoms with Crippen LogP contribution < -0.4 is 9.47 Å². The number of aryl methyl sites for hydroxylation is 1. The first-order valence-electron chi connectivity index (χ1n) is 14.9. The molecule has 44 heavy (non-hydrogen) atoms. The molecule has 0 saturated carbocycles. The molecule has 6 rings (SSSR count). The zero-order valence-corrected chi connectivity index (χ0v) is 26.4. The van der Waals surface area contributed by atoms with Crippen LogP contribution in [0.4, 0.5) is 0 Å². The fourth-order valence-electron chi connectivity index (χ4n) is 4.89. The molecule has 232 valence electrons.